The van der Waals surface area contributed by atoms with Crippen LogP contribution in [0, 0.1) is 13.8 Å². The Labute approximate surface area is 97.1 Å². The van der Waals surface area contributed by atoms with Crippen molar-refractivity contribution >= 4 is 22.5 Å². The van der Waals surface area contributed by atoms with Crippen molar-refractivity contribution in [3.63, 3.8) is 0 Å². The minimum atomic E-state index is -2.59. The molecule has 0 radical (unpaired) electrons. The molecule has 2 rings (SSSR count). The van der Waals surface area contributed by atoms with Crippen molar-refractivity contribution in [2.45, 2.75) is 20.3 Å². The van der Waals surface area contributed by atoms with Gasteiger partial charge in [-0.05, 0) is 37.1 Å². The first-order valence-electron chi connectivity index (χ1n) is 4.84. The number of nitrogens with zero attached hydrogens (tertiary/aromatic N) is 1. The third-order valence-electron chi connectivity index (χ3n) is 2.45. The van der Waals surface area contributed by atoms with Gasteiger partial charge in [0.25, 0.3) is 6.43 Å². The van der Waals surface area contributed by atoms with Crippen LogP contribution in [0.2, 0.25) is 5.02 Å². The second-order valence-electron chi connectivity index (χ2n) is 3.81. The molecule has 1 aromatic heterocycles. The molecule has 0 N–H and O–H groups in total. The highest BCUT2D eigenvalue weighted by molar-refractivity contribution is 6.35. The number of pyridine rings is 1. The Morgan fingerprint density at radius 1 is 1.19 bits per heavy atom. The number of halogens is 3. The van der Waals surface area contributed by atoms with E-state index in [1.807, 2.05) is 19.9 Å². The maximum absolute atomic E-state index is 12.6. The number of hydrogen-bond acceptors (Lipinski definition) is 1. The summed E-state index contributed by atoms with van der Waals surface area (Å²) in [6, 6.07) is 4.95. The van der Waals surface area contributed by atoms with Gasteiger partial charge in [-0.2, -0.15) is 0 Å². The summed E-state index contributed by atoms with van der Waals surface area (Å²) >= 11 is 5.99. The van der Waals surface area contributed by atoms with Crippen LogP contribution < -0.4 is 0 Å². The van der Waals surface area contributed by atoms with Crippen LogP contribution in [0.4, 0.5) is 8.78 Å². The van der Waals surface area contributed by atoms with Gasteiger partial charge in [0.15, 0.2) is 0 Å². The average Bonchev–Trinajstić information content (AvgIpc) is 2.15. The van der Waals surface area contributed by atoms with Gasteiger partial charge in [0, 0.05) is 5.39 Å². The van der Waals surface area contributed by atoms with Gasteiger partial charge >= 0.3 is 0 Å². The van der Waals surface area contributed by atoms with Gasteiger partial charge in [-0.1, -0.05) is 17.7 Å². The van der Waals surface area contributed by atoms with E-state index in [2.05, 4.69) is 4.98 Å². The largest absolute Gasteiger partial charge is 0.280 e. The highest BCUT2D eigenvalue weighted by Crippen LogP contribution is 2.30. The minimum absolute atomic E-state index is 0.275. The lowest BCUT2D eigenvalue weighted by atomic mass is 10.1. The van der Waals surface area contributed by atoms with E-state index < -0.39 is 6.43 Å². The van der Waals surface area contributed by atoms with Crippen LogP contribution in [0.25, 0.3) is 10.9 Å². The number of aryl methyl sites for hydroxylation is 2. The van der Waals surface area contributed by atoms with Crippen LogP contribution in [-0.2, 0) is 0 Å². The van der Waals surface area contributed by atoms with Crippen LogP contribution >= 0.6 is 11.6 Å². The first-order chi connectivity index (χ1) is 7.49. The molecule has 2 aromatic rings. The molecule has 0 bridgehead atoms. The van der Waals surface area contributed by atoms with Gasteiger partial charge in [-0.3, -0.25) is 0 Å². The quantitative estimate of drug-likeness (QED) is 0.719. The molecule has 1 nitrogen and oxygen atoms in total. The molecule has 1 heterocycles. The van der Waals surface area contributed by atoms with Crippen LogP contribution in [0.15, 0.2) is 18.2 Å². The number of aromatic nitrogens is 1. The second kappa shape index (κ2) is 3.98. The third kappa shape index (κ3) is 1.87. The molecule has 0 spiro atoms. The molecule has 84 valence electrons. The molecule has 0 saturated heterocycles. The van der Waals surface area contributed by atoms with Crippen LogP contribution in [-0.4, -0.2) is 4.98 Å². The molecule has 4 heteroatoms. The average molecular weight is 242 g/mol. The van der Waals surface area contributed by atoms with Gasteiger partial charge in [-0.15, -0.1) is 0 Å². The first kappa shape index (κ1) is 11.3. The van der Waals surface area contributed by atoms with Crippen molar-refractivity contribution < 1.29 is 8.78 Å². The molecule has 0 aliphatic rings. The van der Waals surface area contributed by atoms with Crippen LogP contribution in [0.3, 0.4) is 0 Å². The molecular formula is C12H10ClF2N. The zero-order valence-corrected chi connectivity index (χ0v) is 9.65. The monoisotopic (exact) mass is 241 g/mol. The summed E-state index contributed by atoms with van der Waals surface area (Å²) in [7, 11) is 0. The zero-order chi connectivity index (χ0) is 11.9. The summed E-state index contributed by atoms with van der Waals surface area (Å²) in [6.45, 7) is 3.79. The lowest BCUT2D eigenvalue weighted by Crippen LogP contribution is -1.93. The Hall–Kier alpha value is -1.22. The molecule has 0 saturated carbocycles. The Bertz CT molecular complexity index is 552. The van der Waals surface area contributed by atoms with Gasteiger partial charge in [0.1, 0.15) is 5.69 Å². The van der Waals surface area contributed by atoms with Crippen molar-refractivity contribution in [3.05, 3.63) is 40.0 Å². The van der Waals surface area contributed by atoms with Gasteiger partial charge in [0.05, 0.1) is 10.5 Å². The predicted octanol–water partition coefficient (Wildman–Crippen LogP) is 4.44. The maximum Gasteiger partial charge on any atom is 0.280 e. The standard InChI is InChI=1S/C12H10ClF2N/c1-6-3-7(2)11-8(13)5-10(12(14)15)16-9(11)4-6/h3-5,12H,1-2H3. The van der Waals surface area contributed by atoms with Crippen LogP contribution in [0.1, 0.15) is 23.2 Å². The predicted molar refractivity (Wildman–Crippen MR) is 61.2 cm³/mol. The van der Waals surface area contributed by atoms with E-state index in [9.17, 15) is 8.78 Å². The number of hydrogen-bond donors (Lipinski definition) is 0. The normalized spacial score (nSPS) is 11.4. The summed E-state index contributed by atoms with van der Waals surface area (Å²) in [5.41, 5.74) is 2.19. The smallest absolute Gasteiger partial charge is 0.247 e. The molecule has 16 heavy (non-hydrogen) atoms. The van der Waals surface area contributed by atoms with Crippen molar-refractivity contribution in [2.24, 2.45) is 0 Å². The number of fused-ring (bicyclic) bond motifs is 1. The Morgan fingerprint density at radius 2 is 1.88 bits per heavy atom. The fourth-order valence-electron chi connectivity index (χ4n) is 1.83. The minimum Gasteiger partial charge on any atom is -0.247 e. The number of rotatable bonds is 1. The lowest BCUT2D eigenvalue weighted by Gasteiger charge is -2.08. The second-order valence-corrected chi connectivity index (χ2v) is 4.21. The van der Waals surface area contributed by atoms with E-state index in [4.69, 9.17) is 11.6 Å². The van der Waals surface area contributed by atoms with E-state index in [0.717, 1.165) is 16.5 Å². The molecule has 0 atom stereocenters. The highest BCUT2D eigenvalue weighted by atomic mass is 35.5. The molecule has 0 aliphatic carbocycles. The summed E-state index contributed by atoms with van der Waals surface area (Å²) in [6.07, 6.45) is -2.59. The van der Waals surface area contributed by atoms with E-state index in [-0.39, 0.29) is 5.69 Å². The Kier molecular flexibility index (Phi) is 2.80. The zero-order valence-electron chi connectivity index (χ0n) is 8.89. The molecule has 0 fully saturated rings. The molecular weight excluding hydrogens is 232 g/mol. The Morgan fingerprint density at radius 3 is 2.50 bits per heavy atom. The van der Waals surface area contributed by atoms with Gasteiger partial charge in [-0.25, -0.2) is 13.8 Å². The fraction of sp³-hybridized carbons (Fsp3) is 0.250. The van der Waals surface area contributed by atoms with E-state index in [1.54, 1.807) is 6.07 Å². The van der Waals surface area contributed by atoms with Crippen molar-refractivity contribution in [1.82, 2.24) is 4.98 Å². The summed E-state index contributed by atoms with van der Waals surface area (Å²) < 4.78 is 25.1. The topological polar surface area (TPSA) is 12.9 Å². The van der Waals surface area contributed by atoms with Gasteiger partial charge < -0.3 is 0 Å². The number of benzene rings is 1. The van der Waals surface area contributed by atoms with Crippen LogP contribution in [0.5, 0.6) is 0 Å². The van der Waals surface area contributed by atoms with Crippen molar-refractivity contribution in [3.8, 4) is 0 Å². The van der Waals surface area contributed by atoms with E-state index >= 15 is 0 Å². The molecule has 0 aliphatic heterocycles. The van der Waals surface area contributed by atoms with Crippen molar-refractivity contribution in [1.29, 1.82) is 0 Å². The van der Waals surface area contributed by atoms with E-state index in [0.29, 0.717) is 10.5 Å². The summed E-state index contributed by atoms with van der Waals surface area (Å²) in [4.78, 5) is 3.92. The van der Waals surface area contributed by atoms with E-state index in [1.165, 1.54) is 6.07 Å². The number of alkyl halides is 2. The summed E-state index contributed by atoms with van der Waals surface area (Å²) in [5, 5.41) is 1.08. The van der Waals surface area contributed by atoms with Gasteiger partial charge in [0.2, 0.25) is 0 Å². The maximum atomic E-state index is 12.6. The lowest BCUT2D eigenvalue weighted by molar-refractivity contribution is 0.146. The molecule has 0 unspecified atom stereocenters. The fourth-order valence-corrected chi connectivity index (χ4v) is 2.19. The first-order valence-corrected chi connectivity index (χ1v) is 5.22. The molecule has 0 amide bonds. The summed E-state index contributed by atoms with van der Waals surface area (Å²) in [5.74, 6) is 0. The molecule has 1 aromatic carbocycles. The van der Waals surface area contributed by atoms with Crippen molar-refractivity contribution in [2.75, 3.05) is 0 Å². The third-order valence-corrected chi connectivity index (χ3v) is 2.74. The highest BCUT2D eigenvalue weighted by Gasteiger charge is 2.13. The Balaban J connectivity index is 2.81. The SMILES string of the molecule is Cc1cc(C)c2c(Cl)cc(C(F)F)nc2c1.